The van der Waals surface area contributed by atoms with E-state index in [-0.39, 0.29) is 0 Å². The molecule has 0 saturated heterocycles. The molecule has 0 saturated carbocycles. The average molecular weight is 394 g/mol. The molecule has 0 aliphatic carbocycles. The van der Waals surface area contributed by atoms with Crippen LogP contribution in [0.5, 0.6) is 5.75 Å². The maximum absolute atomic E-state index is 12.3. The first-order chi connectivity index (χ1) is 13.7. The SMILES string of the molecule is Cc1cc(C)cc(C(=O)NNC(=O)C(C)Oc2ccc3c(C)cc(=O)oc3c2)c1. The van der Waals surface area contributed by atoms with Gasteiger partial charge in [0, 0.05) is 23.1 Å². The number of carbonyl (C=O) groups is 2. The molecular formula is C22H22N2O5. The molecule has 2 N–H and O–H groups in total. The predicted molar refractivity (Wildman–Crippen MR) is 109 cm³/mol. The lowest BCUT2D eigenvalue weighted by molar-refractivity contribution is -0.128. The molecule has 0 radical (unpaired) electrons. The Morgan fingerprint density at radius 1 is 0.966 bits per heavy atom. The van der Waals surface area contributed by atoms with Gasteiger partial charge in [-0.15, -0.1) is 0 Å². The van der Waals surface area contributed by atoms with E-state index in [1.807, 2.05) is 26.8 Å². The van der Waals surface area contributed by atoms with E-state index in [0.29, 0.717) is 16.9 Å². The largest absolute Gasteiger partial charge is 0.481 e. The number of fused-ring (bicyclic) bond motifs is 1. The first-order valence-corrected chi connectivity index (χ1v) is 9.12. The van der Waals surface area contributed by atoms with Crippen molar-refractivity contribution in [1.29, 1.82) is 0 Å². The fraction of sp³-hybridized carbons (Fsp3) is 0.227. The van der Waals surface area contributed by atoms with E-state index in [2.05, 4.69) is 10.9 Å². The summed E-state index contributed by atoms with van der Waals surface area (Å²) in [4.78, 5) is 36.0. The van der Waals surface area contributed by atoms with Crippen molar-refractivity contribution in [3.63, 3.8) is 0 Å². The number of amides is 2. The molecular weight excluding hydrogens is 372 g/mol. The van der Waals surface area contributed by atoms with Crippen molar-refractivity contribution in [2.45, 2.75) is 33.8 Å². The van der Waals surface area contributed by atoms with Gasteiger partial charge in [0.2, 0.25) is 0 Å². The number of hydrogen-bond donors (Lipinski definition) is 2. The predicted octanol–water partition coefficient (Wildman–Crippen LogP) is 2.95. The molecule has 1 aromatic heterocycles. The van der Waals surface area contributed by atoms with Crippen molar-refractivity contribution in [2.24, 2.45) is 0 Å². The van der Waals surface area contributed by atoms with Gasteiger partial charge in [0.15, 0.2) is 6.10 Å². The zero-order chi connectivity index (χ0) is 21.1. The molecule has 1 unspecified atom stereocenters. The molecule has 3 aromatic rings. The first-order valence-electron chi connectivity index (χ1n) is 9.12. The third-order valence-electron chi connectivity index (χ3n) is 4.39. The average Bonchev–Trinajstić information content (AvgIpc) is 2.64. The van der Waals surface area contributed by atoms with Gasteiger partial charge in [-0.05, 0) is 57.5 Å². The topological polar surface area (TPSA) is 97.6 Å². The Morgan fingerprint density at radius 3 is 2.34 bits per heavy atom. The Labute approximate surface area is 167 Å². The van der Waals surface area contributed by atoms with E-state index in [1.165, 1.54) is 6.07 Å². The van der Waals surface area contributed by atoms with E-state index in [1.54, 1.807) is 37.3 Å². The lowest BCUT2D eigenvalue weighted by atomic mass is 10.1. The fourth-order valence-corrected chi connectivity index (χ4v) is 3.03. The van der Waals surface area contributed by atoms with Crippen molar-refractivity contribution < 1.29 is 18.7 Å². The van der Waals surface area contributed by atoms with E-state index in [0.717, 1.165) is 22.1 Å². The molecule has 2 aromatic carbocycles. The van der Waals surface area contributed by atoms with Gasteiger partial charge in [0.1, 0.15) is 11.3 Å². The standard InChI is InChI=1S/C22H22N2O5/c1-12-7-13(2)9-16(8-12)22(27)24-23-21(26)15(4)28-17-5-6-18-14(3)10-20(25)29-19(18)11-17/h5-11,15H,1-4H3,(H,23,26)(H,24,27). The lowest BCUT2D eigenvalue weighted by Gasteiger charge is -2.15. The van der Waals surface area contributed by atoms with Gasteiger partial charge in [-0.25, -0.2) is 4.79 Å². The summed E-state index contributed by atoms with van der Waals surface area (Å²) in [5, 5.41) is 0.787. The zero-order valence-corrected chi connectivity index (χ0v) is 16.7. The third kappa shape index (κ3) is 4.82. The molecule has 7 nitrogen and oxygen atoms in total. The molecule has 0 fully saturated rings. The monoisotopic (exact) mass is 394 g/mol. The van der Waals surface area contributed by atoms with Gasteiger partial charge in [0.05, 0.1) is 0 Å². The number of hydrazine groups is 1. The van der Waals surface area contributed by atoms with Crippen LogP contribution >= 0.6 is 0 Å². The van der Waals surface area contributed by atoms with Crippen LogP contribution in [0.1, 0.15) is 34.0 Å². The summed E-state index contributed by atoms with van der Waals surface area (Å²) in [5.74, 6) is -0.566. The molecule has 1 heterocycles. The lowest BCUT2D eigenvalue weighted by Crippen LogP contribution is -2.47. The summed E-state index contributed by atoms with van der Waals surface area (Å²) in [7, 11) is 0. The Kier molecular flexibility index (Phi) is 5.68. The second-order valence-electron chi connectivity index (χ2n) is 6.99. The second kappa shape index (κ2) is 8.18. The minimum atomic E-state index is -0.886. The molecule has 2 amide bonds. The van der Waals surface area contributed by atoms with Crippen LogP contribution in [0.3, 0.4) is 0 Å². The van der Waals surface area contributed by atoms with Crippen LogP contribution in [0, 0.1) is 20.8 Å². The highest BCUT2D eigenvalue weighted by Crippen LogP contribution is 2.23. The summed E-state index contributed by atoms with van der Waals surface area (Å²) in [6.45, 7) is 7.15. The zero-order valence-electron chi connectivity index (χ0n) is 16.7. The number of benzene rings is 2. The van der Waals surface area contributed by atoms with Crippen LogP contribution in [0.4, 0.5) is 0 Å². The van der Waals surface area contributed by atoms with Crippen LogP contribution in [0.25, 0.3) is 11.0 Å². The van der Waals surface area contributed by atoms with Gasteiger partial charge in [0.25, 0.3) is 11.8 Å². The van der Waals surface area contributed by atoms with E-state index in [4.69, 9.17) is 9.15 Å². The van der Waals surface area contributed by atoms with Gasteiger partial charge < -0.3 is 9.15 Å². The number of carbonyl (C=O) groups excluding carboxylic acids is 2. The van der Waals surface area contributed by atoms with Crippen LogP contribution in [-0.4, -0.2) is 17.9 Å². The van der Waals surface area contributed by atoms with Crippen LogP contribution in [0.2, 0.25) is 0 Å². The van der Waals surface area contributed by atoms with Crippen LogP contribution in [-0.2, 0) is 4.79 Å². The number of rotatable bonds is 4. The van der Waals surface area contributed by atoms with Crippen molar-refractivity contribution in [3.8, 4) is 5.75 Å². The molecule has 3 rings (SSSR count). The quantitative estimate of drug-likeness (QED) is 0.524. The minimum absolute atomic E-state index is 0.370. The third-order valence-corrected chi connectivity index (χ3v) is 4.39. The molecule has 29 heavy (non-hydrogen) atoms. The van der Waals surface area contributed by atoms with Gasteiger partial charge in [-0.1, -0.05) is 17.2 Å². The molecule has 150 valence electrons. The molecule has 0 aliphatic heterocycles. The van der Waals surface area contributed by atoms with Gasteiger partial charge in [-0.3, -0.25) is 20.4 Å². The molecule has 0 aliphatic rings. The summed E-state index contributed by atoms with van der Waals surface area (Å²) in [6.07, 6.45) is -0.886. The number of ether oxygens (including phenoxy) is 1. The number of hydrogen-bond acceptors (Lipinski definition) is 5. The van der Waals surface area contributed by atoms with E-state index >= 15 is 0 Å². The maximum atomic E-state index is 12.3. The van der Waals surface area contributed by atoms with Crippen LogP contribution in [0.15, 0.2) is 51.7 Å². The normalized spacial score (nSPS) is 11.7. The van der Waals surface area contributed by atoms with Crippen molar-refractivity contribution in [3.05, 3.63) is 75.1 Å². The Hall–Kier alpha value is -3.61. The molecule has 0 spiro atoms. The number of nitrogens with one attached hydrogen (secondary N) is 2. The Balaban J connectivity index is 1.64. The van der Waals surface area contributed by atoms with Crippen molar-refractivity contribution in [1.82, 2.24) is 10.9 Å². The highest BCUT2D eigenvalue weighted by atomic mass is 16.5. The van der Waals surface area contributed by atoms with E-state index < -0.39 is 23.5 Å². The Morgan fingerprint density at radius 2 is 1.66 bits per heavy atom. The fourth-order valence-electron chi connectivity index (χ4n) is 3.03. The second-order valence-corrected chi connectivity index (χ2v) is 6.99. The number of aryl methyl sites for hydroxylation is 3. The summed E-state index contributed by atoms with van der Waals surface area (Å²) in [5.41, 5.74) is 7.83. The Bertz CT molecular complexity index is 1130. The summed E-state index contributed by atoms with van der Waals surface area (Å²) >= 11 is 0. The van der Waals surface area contributed by atoms with Gasteiger partial charge in [-0.2, -0.15) is 0 Å². The molecule has 7 heteroatoms. The highest BCUT2D eigenvalue weighted by molar-refractivity contribution is 5.96. The smallest absolute Gasteiger partial charge is 0.336 e. The maximum Gasteiger partial charge on any atom is 0.336 e. The van der Waals surface area contributed by atoms with Gasteiger partial charge >= 0.3 is 5.63 Å². The van der Waals surface area contributed by atoms with Crippen molar-refractivity contribution >= 4 is 22.8 Å². The highest BCUT2D eigenvalue weighted by Gasteiger charge is 2.17. The minimum Gasteiger partial charge on any atom is -0.481 e. The molecule has 1 atom stereocenters. The van der Waals surface area contributed by atoms with Crippen molar-refractivity contribution in [2.75, 3.05) is 0 Å². The first kappa shape index (κ1) is 20.1. The molecule has 0 bridgehead atoms. The summed E-state index contributed by atoms with van der Waals surface area (Å²) < 4.78 is 10.8. The van der Waals surface area contributed by atoms with Crippen LogP contribution < -0.4 is 21.2 Å². The summed E-state index contributed by atoms with van der Waals surface area (Å²) in [6, 6.07) is 11.8. The van der Waals surface area contributed by atoms with E-state index in [9.17, 15) is 14.4 Å².